The second-order valence-corrected chi connectivity index (χ2v) is 4.36. The average molecular weight is 307 g/mol. The van der Waals surface area contributed by atoms with Crippen LogP contribution in [0.3, 0.4) is 0 Å². The smallest absolute Gasteiger partial charge is 0.387 e. The van der Waals surface area contributed by atoms with E-state index in [1.807, 2.05) is 0 Å². The number of ether oxygens (including phenoxy) is 1. The van der Waals surface area contributed by atoms with Crippen LogP contribution in [0.4, 0.5) is 14.5 Å². The van der Waals surface area contributed by atoms with E-state index >= 15 is 0 Å². The molecule has 0 saturated heterocycles. The van der Waals surface area contributed by atoms with Gasteiger partial charge in [-0.2, -0.15) is 8.78 Å². The fraction of sp³-hybridized carbons (Fsp3) is 0.462. The van der Waals surface area contributed by atoms with Gasteiger partial charge < -0.3 is 15.4 Å². The van der Waals surface area contributed by atoms with E-state index in [9.17, 15) is 13.6 Å². The molecule has 0 spiro atoms. The summed E-state index contributed by atoms with van der Waals surface area (Å²) in [6.07, 6.45) is 1.85. The third-order valence-electron chi connectivity index (χ3n) is 3.05. The van der Waals surface area contributed by atoms with Crippen molar-refractivity contribution in [1.82, 2.24) is 0 Å². The monoisotopic (exact) mass is 306 g/mol. The molecule has 1 aliphatic rings. The summed E-state index contributed by atoms with van der Waals surface area (Å²) in [6.45, 7) is -1.89. The normalized spacial score (nSPS) is 13.7. The third kappa shape index (κ3) is 3.80. The number of hydrogen-bond acceptors (Lipinski definition) is 3. The van der Waals surface area contributed by atoms with Gasteiger partial charge in [-0.1, -0.05) is 0 Å². The summed E-state index contributed by atoms with van der Waals surface area (Å²) in [5.41, 5.74) is 7.01. The Balaban J connectivity index is 0.00000200. The number of carbonyl (C=O) groups is 1. The van der Waals surface area contributed by atoms with Crippen molar-refractivity contribution >= 4 is 24.0 Å². The van der Waals surface area contributed by atoms with E-state index in [1.54, 1.807) is 17.0 Å². The first-order valence-electron chi connectivity index (χ1n) is 6.20. The van der Waals surface area contributed by atoms with Crippen molar-refractivity contribution in [2.75, 3.05) is 18.0 Å². The van der Waals surface area contributed by atoms with Gasteiger partial charge in [0.2, 0.25) is 5.91 Å². The molecule has 0 aliphatic carbocycles. The highest BCUT2D eigenvalue weighted by atomic mass is 35.5. The van der Waals surface area contributed by atoms with Gasteiger partial charge in [-0.05, 0) is 36.6 Å². The Hall–Kier alpha value is -1.40. The molecule has 0 bridgehead atoms. The Kier molecular flexibility index (Phi) is 6.16. The van der Waals surface area contributed by atoms with Crippen molar-refractivity contribution in [2.45, 2.75) is 25.9 Å². The summed E-state index contributed by atoms with van der Waals surface area (Å²) in [5, 5.41) is 0. The highest BCUT2D eigenvalue weighted by Crippen LogP contribution is 2.31. The number of halogens is 3. The van der Waals surface area contributed by atoms with Gasteiger partial charge in [-0.25, -0.2) is 0 Å². The van der Waals surface area contributed by atoms with Crippen LogP contribution in [0.25, 0.3) is 0 Å². The molecule has 1 amide bonds. The largest absolute Gasteiger partial charge is 0.435 e. The first kappa shape index (κ1) is 16.7. The maximum absolute atomic E-state index is 12.2. The third-order valence-corrected chi connectivity index (χ3v) is 3.05. The second-order valence-electron chi connectivity index (χ2n) is 4.36. The number of hydrogen-bond donors (Lipinski definition) is 1. The zero-order chi connectivity index (χ0) is 13.8. The number of fused-ring (bicyclic) bond motifs is 1. The number of alkyl halides is 2. The maximum atomic E-state index is 12.2. The number of anilines is 1. The van der Waals surface area contributed by atoms with Gasteiger partial charge in [0.15, 0.2) is 0 Å². The topological polar surface area (TPSA) is 55.6 Å². The molecule has 0 unspecified atom stereocenters. The lowest BCUT2D eigenvalue weighted by atomic mass is 10.0. The molecule has 1 aromatic carbocycles. The summed E-state index contributed by atoms with van der Waals surface area (Å²) < 4.78 is 28.7. The van der Waals surface area contributed by atoms with Gasteiger partial charge >= 0.3 is 6.61 Å². The lowest BCUT2D eigenvalue weighted by molar-refractivity contribution is -0.118. The van der Waals surface area contributed by atoms with Crippen LogP contribution in [-0.2, 0) is 11.2 Å². The van der Waals surface area contributed by atoms with Crippen molar-refractivity contribution in [2.24, 2.45) is 5.73 Å². The SMILES string of the molecule is Cl.NCCC(=O)N1CCCc2cc(OC(F)F)ccc21. The summed E-state index contributed by atoms with van der Waals surface area (Å²) >= 11 is 0. The molecule has 7 heteroatoms. The molecule has 1 aromatic rings. The molecule has 0 atom stereocenters. The van der Waals surface area contributed by atoms with Crippen LogP contribution in [-0.4, -0.2) is 25.6 Å². The number of aryl methyl sites for hydroxylation is 1. The fourth-order valence-electron chi connectivity index (χ4n) is 2.27. The van der Waals surface area contributed by atoms with Crippen molar-refractivity contribution < 1.29 is 18.3 Å². The molecule has 112 valence electrons. The van der Waals surface area contributed by atoms with Gasteiger partial charge in [0.1, 0.15) is 5.75 Å². The van der Waals surface area contributed by atoms with Gasteiger partial charge in [-0.15, -0.1) is 12.4 Å². The number of benzene rings is 1. The Morgan fingerprint density at radius 1 is 1.45 bits per heavy atom. The molecule has 0 aromatic heterocycles. The lowest BCUT2D eigenvalue weighted by Crippen LogP contribution is -2.36. The van der Waals surface area contributed by atoms with Gasteiger partial charge in [0.25, 0.3) is 0 Å². The van der Waals surface area contributed by atoms with Crippen molar-refractivity contribution in [3.8, 4) is 5.75 Å². The molecule has 2 rings (SSSR count). The first-order chi connectivity index (χ1) is 9.11. The Labute approximate surface area is 122 Å². The minimum Gasteiger partial charge on any atom is -0.435 e. The molecular weight excluding hydrogens is 290 g/mol. The number of nitrogens with zero attached hydrogens (tertiary/aromatic N) is 1. The molecule has 0 radical (unpaired) electrons. The maximum Gasteiger partial charge on any atom is 0.387 e. The quantitative estimate of drug-likeness (QED) is 0.929. The zero-order valence-corrected chi connectivity index (χ0v) is 11.7. The minimum absolute atomic E-state index is 0. The molecular formula is C13H17ClF2N2O2. The number of carbonyl (C=O) groups excluding carboxylic acids is 1. The van der Waals surface area contributed by atoms with Gasteiger partial charge in [0.05, 0.1) is 0 Å². The average Bonchev–Trinajstić information content (AvgIpc) is 2.37. The summed E-state index contributed by atoms with van der Waals surface area (Å²) in [5.74, 6) is 0.0906. The Morgan fingerprint density at radius 2 is 2.20 bits per heavy atom. The van der Waals surface area contributed by atoms with Crippen LogP contribution in [0.5, 0.6) is 5.75 Å². The molecule has 0 saturated carbocycles. The highest BCUT2D eigenvalue weighted by molar-refractivity contribution is 5.94. The van der Waals surface area contributed by atoms with E-state index in [4.69, 9.17) is 5.73 Å². The molecule has 20 heavy (non-hydrogen) atoms. The van der Waals surface area contributed by atoms with E-state index in [2.05, 4.69) is 4.74 Å². The van der Waals surface area contributed by atoms with Gasteiger partial charge in [0, 0.05) is 25.2 Å². The van der Waals surface area contributed by atoms with Crippen LogP contribution in [0, 0.1) is 0 Å². The molecule has 4 nitrogen and oxygen atoms in total. The Morgan fingerprint density at radius 3 is 2.85 bits per heavy atom. The lowest BCUT2D eigenvalue weighted by Gasteiger charge is -2.29. The van der Waals surface area contributed by atoms with Crippen LogP contribution in [0.1, 0.15) is 18.4 Å². The molecule has 1 aliphatic heterocycles. The zero-order valence-electron chi connectivity index (χ0n) is 10.9. The van der Waals surface area contributed by atoms with Crippen molar-refractivity contribution in [3.63, 3.8) is 0 Å². The van der Waals surface area contributed by atoms with Crippen molar-refractivity contribution in [3.05, 3.63) is 23.8 Å². The van der Waals surface area contributed by atoms with E-state index < -0.39 is 6.61 Å². The summed E-state index contributed by atoms with van der Waals surface area (Å²) in [4.78, 5) is 13.6. The van der Waals surface area contributed by atoms with E-state index in [0.717, 1.165) is 24.1 Å². The fourth-order valence-corrected chi connectivity index (χ4v) is 2.27. The predicted octanol–water partition coefficient (Wildman–Crippen LogP) is 2.34. The predicted molar refractivity (Wildman–Crippen MR) is 74.7 cm³/mol. The number of rotatable bonds is 4. The standard InChI is InChI=1S/C13H16F2N2O2.ClH/c14-13(15)19-10-3-4-11-9(8-10)2-1-7-17(11)12(18)5-6-16;/h3-4,8,13H,1-2,5-7,16H2;1H. The van der Waals surface area contributed by atoms with Crippen LogP contribution in [0.15, 0.2) is 18.2 Å². The highest BCUT2D eigenvalue weighted by Gasteiger charge is 2.22. The Bertz CT molecular complexity index is 472. The molecule has 0 fully saturated rings. The van der Waals surface area contributed by atoms with E-state index in [1.165, 1.54) is 6.07 Å². The van der Waals surface area contributed by atoms with Gasteiger partial charge in [-0.3, -0.25) is 4.79 Å². The summed E-state index contributed by atoms with van der Waals surface area (Å²) in [7, 11) is 0. The van der Waals surface area contributed by atoms with Crippen LogP contribution >= 0.6 is 12.4 Å². The first-order valence-corrected chi connectivity index (χ1v) is 6.20. The van der Waals surface area contributed by atoms with Crippen LogP contribution < -0.4 is 15.4 Å². The molecule has 1 heterocycles. The summed E-state index contributed by atoms with van der Waals surface area (Å²) in [6, 6.07) is 4.68. The van der Waals surface area contributed by atoms with E-state index in [-0.39, 0.29) is 30.5 Å². The van der Waals surface area contributed by atoms with Crippen LogP contribution in [0.2, 0.25) is 0 Å². The van der Waals surface area contributed by atoms with Crippen molar-refractivity contribution in [1.29, 1.82) is 0 Å². The van der Waals surface area contributed by atoms with E-state index in [0.29, 0.717) is 13.1 Å². The molecule has 2 N–H and O–H groups in total. The number of amides is 1. The number of nitrogens with two attached hydrogens (primary N) is 1. The second kappa shape index (κ2) is 7.40. The minimum atomic E-state index is -2.84.